The van der Waals surface area contributed by atoms with Gasteiger partial charge in [-0.25, -0.2) is 4.68 Å². The first-order chi connectivity index (χ1) is 16.7. The molecule has 0 unspecified atom stereocenters. The fourth-order valence-electron chi connectivity index (χ4n) is 4.34. The molecule has 2 amide bonds. The molecule has 2 heterocycles. The zero-order valence-electron chi connectivity index (χ0n) is 19.0. The van der Waals surface area contributed by atoms with Crippen LogP contribution in [0.15, 0.2) is 66.7 Å². The second kappa shape index (κ2) is 8.35. The van der Waals surface area contributed by atoms with E-state index < -0.39 is 23.7 Å². The highest BCUT2D eigenvalue weighted by atomic mass is 19.4. The molecule has 0 radical (unpaired) electrons. The molecule has 4 aromatic rings. The van der Waals surface area contributed by atoms with Gasteiger partial charge in [-0.15, -0.1) is 0 Å². The normalized spacial score (nSPS) is 13.8. The van der Waals surface area contributed by atoms with E-state index in [4.69, 9.17) is 0 Å². The molecular formula is C26H21F3N4O2. The van der Waals surface area contributed by atoms with Crippen molar-refractivity contribution in [2.75, 3.05) is 27.2 Å². The molecule has 0 saturated carbocycles. The van der Waals surface area contributed by atoms with Crippen LogP contribution >= 0.6 is 0 Å². The molecule has 1 aromatic heterocycles. The molecule has 35 heavy (non-hydrogen) atoms. The average molecular weight is 478 g/mol. The van der Waals surface area contributed by atoms with Gasteiger partial charge in [-0.1, -0.05) is 42.5 Å². The number of hydrogen-bond donors (Lipinski definition) is 0. The Labute approximate surface area is 199 Å². The zero-order chi connectivity index (χ0) is 24.9. The third-order valence-electron chi connectivity index (χ3n) is 6.04. The lowest BCUT2D eigenvalue weighted by Crippen LogP contribution is -2.43. The van der Waals surface area contributed by atoms with Crippen molar-refractivity contribution in [3.63, 3.8) is 0 Å². The van der Waals surface area contributed by atoms with Crippen LogP contribution in [0.25, 0.3) is 27.7 Å². The van der Waals surface area contributed by atoms with Gasteiger partial charge in [-0.2, -0.15) is 18.3 Å². The second-order valence-corrected chi connectivity index (χ2v) is 8.62. The van der Waals surface area contributed by atoms with Gasteiger partial charge >= 0.3 is 6.18 Å². The molecule has 0 aliphatic carbocycles. The van der Waals surface area contributed by atoms with E-state index in [1.165, 1.54) is 9.58 Å². The molecule has 0 atom stereocenters. The van der Waals surface area contributed by atoms with Gasteiger partial charge in [0.25, 0.3) is 11.8 Å². The van der Waals surface area contributed by atoms with E-state index in [0.29, 0.717) is 39.7 Å². The van der Waals surface area contributed by atoms with Crippen molar-refractivity contribution < 1.29 is 22.8 Å². The monoisotopic (exact) mass is 478 g/mol. The van der Waals surface area contributed by atoms with Crippen LogP contribution < -0.4 is 0 Å². The molecule has 0 bridgehead atoms. The first-order valence-corrected chi connectivity index (χ1v) is 11.0. The smallest absolute Gasteiger partial charge is 0.308 e. The van der Waals surface area contributed by atoms with Crippen molar-refractivity contribution in [2.24, 2.45) is 0 Å². The molecule has 1 aliphatic rings. The second-order valence-electron chi connectivity index (χ2n) is 8.62. The lowest BCUT2D eigenvalue weighted by Gasteiger charge is -2.28. The molecule has 5 rings (SSSR count). The highest BCUT2D eigenvalue weighted by Crippen LogP contribution is 2.37. The van der Waals surface area contributed by atoms with Crippen molar-refractivity contribution in [3.05, 3.63) is 83.6 Å². The number of amides is 2. The van der Waals surface area contributed by atoms with Crippen molar-refractivity contribution >= 4 is 22.6 Å². The molecule has 6 nitrogen and oxygen atoms in total. The predicted molar refractivity (Wildman–Crippen MR) is 125 cm³/mol. The highest BCUT2D eigenvalue weighted by molar-refractivity contribution is 6.26. The molecular weight excluding hydrogens is 457 g/mol. The van der Waals surface area contributed by atoms with Gasteiger partial charge < -0.3 is 4.90 Å². The average Bonchev–Trinajstić information content (AvgIpc) is 3.28. The Morgan fingerprint density at radius 1 is 0.886 bits per heavy atom. The molecule has 0 spiro atoms. The van der Waals surface area contributed by atoms with Gasteiger partial charge in [0, 0.05) is 40.6 Å². The summed E-state index contributed by atoms with van der Waals surface area (Å²) in [5, 5.41) is 4.78. The first kappa shape index (κ1) is 22.8. The van der Waals surface area contributed by atoms with Gasteiger partial charge in [0.2, 0.25) is 0 Å². The zero-order valence-corrected chi connectivity index (χ0v) is 19.0. The summed E-state index contributed by atoms with van der Waals surface area (Å²) in [6.07, 6.45) is -4.64. The summed E-state index contributed by atoms with van der Waals surface area (Å²) >= 11 is 0. The van der Waals surface area contributed by atoms with Crippen molar-refractivity contribution in [2.45, 2.75) is 6.18 Å². The van der Waals surface area contributed by atoms with E-state index in [0.717, 1.165) is 6.07 Å². The van der Waals surface area contributed by atoms with Crippen molar-refractivity contribution in [3.8, 4) is 16.9 Å². The number of carbonyl (C=O) groups excluding carboxylic acids is 2. The number of imide groups is 1. The molecule has 0 N–H and O–H groups in total. The number of alkyl halides is 3. The van der Waals surface area contributed by atoms with Gasteiger partial charge in [-0.3, -0.25) is 14.5 Å². The summed E-state index contributed by atoms with van der Waals surface area (Å²) in [4.78, 5) is 29.5. The minimum Gasteiger partial charge on any atom is -0.308 e. The highest BCUT2D eigenvalue weighted by Gasteiger charge is 2.37. The van der Waals surface area contributed by atoms with Crippen LogP contribution in [0.2, 0.25) is 0 Å². The minimum absolute atomic E-state index is 0.231. The number of benzene rings is 3. The Hall–Kier alpha value is -3.98. The Morgan fingerprint density at radius 2 is 1.57 bits per heavy atom. The number of halogens is 3. The van der Waals surface area contributed by atoms with Crippen LogP contribution in [0.3, 0.4) is 0 Å². The quantitative estimate of drug-likeness (QED) is 0.384. The van der Waals surface area contributed by atoms with E-state index in [1.54, 1.807) is 60.7 Å². The molecule has 3 aromatic carbocycles. The topological polar surface area (TPSA) is 58.4 Å². The number of likely N-dealkylation sites (N-methyl/N-ethyl adjacent to an activating group) is 1. The summed E-state index contributed by atoms with van der Waals surface area (Å²) in [5.74, 6) is -0.848. The number of hydrogen-bond acceptors (Lipinski definition) is 4. The van der Waals surface area contributed by atoms with E-state index in [9.17, 15) is 22.8 Å². The van der Waals surface area contributed by atoms with Gasteiger partial charge in [0.15, 0.2) is 5.69 Å². The maximum atomic E-state index is 13.6. The first-order valence-electron chi connectivity index (χ1n) is 11.0. The number of nitrogens with zero attached hydrogens (tertiary/aromatic N) is 4. The number of aromatic nitrogens is 2. The third-order valence-corrected chi connectivity index (χ3v) is 6.04. The fraction of sp³-hybridized carbons (Fsp3) is 0.192. The third kappa shape index (κ3) is 3.87. The Balaban J connectivity index is 1.72. The number of carbonyl (C=O) groups is 2. The van der Waals surface area contributed by atoms with E-state index in [-0.39, 0.29) is 12.2 Å². The number of rotatable bonds is 5. The lowest BCUT2D eigenvalue weighted by molar-refractivity contribution is -0.141. The maximum absolute atomic E-state index is 13.6. The Bertz CT molecular complexity index is 1440. The summed E-state index contributed by atoms with van der Waals surface area (Å²) < 4.78 is 42.1. The summed E-state index contributed by atoms with van der Waals surface area (Å²) in [6.45, 7) is 0.739. The fourth-order valence-corrected chi connectivity index (χ4v) is 4.34. The predicted octanol–water partition coefficient (Wildman–Crippen LogP) is 4.87. The lowest BCUT2D eigenvalue weighted by atomic mass is 9.93. The van der Waals surface area contributed by atoms with Gasteiger partial charge in [0.1, 0.15) is 0 Å². The summed E-state index contributed by atoms with van der Waals surface area (Å²) in [5.41, 5.74) is 0.795. The summed E-state index contributed by atoms with van der Waals surface area (Å²) in [6, 6.07) is 17.8. The minimum atomic E-state index is -4.64. The van der Waals surface area contributed by atoms with Crippen LogP contribution in [0, 0.1) is 0 Å². The standard InChI is InChI=1S/C26H21F3N4O2/c1-31(2)13-14-32-24(34)18-10-6-9-17-20(12-11-19(23(17)18)25(32)35)33-21(16-7-4-3-5-8-16)15-22(30-33)26(27,28)29/h3-12,15H,13-14H2,1-2H3. The van der Waals surface area contributed by atoms with Crippen LogP contribution in [0.4, 0.5) is 13.2 Å². The van der Waals surface area contributed by atoms with E-state index >= 15 is 0 Å². The van der Waals surface area contributed by atoms with E-state index in [2.05, 4.69) is 5.10 Å². The maximum Gasteiger partial charge on any atom is 0.435 e. The van der Waals surface area contributed by atoms with Crippen LogP contribution in [0.5, 0.6) is 0 Å². The molecule has 9 heteroatoms. The van der Waals surface area contributed by atoms with Crippen molar-refractivity contribution in [1.82, 2.24) is 19.6 Å². The summed E-state index contributed by atoms with van der Waals surface area (Å²) in [7, 11) is 3.70. The largest absolute Gasteiger partial charge is 0.435 e. The Kier molecular flexibility index (Phi) is 5.44. The molecule has 1 aliphatic heterocycles. The van der Waals surface area contributed by atoms with Crippen molar-refractivity contribution in [1.29, 1.82) is 0 Å². The van der Waals surface area contributed by atoms with Crippen LogP contribution in [0.1, 0.15) is 26.4 Å². The van der Waals surface area contributed by atoms with Gasteiger partial charge in [0.05, 0.1) is 11.4 Å². The molecule has 178 valence electrons. The SMILES string of the molecule is CN(C)CCN1C(=O)c2cccc3c(-n4nc(C(F)(F)F)cc4-c4ccccc4)ccc(c23)C1=O. The Morgan fingerprint density at radius 3 is 2.23 bits per heavy atom. The molecule has 0 saturated heterocycles. The van der Waals surface area contributed by atoms with Crippen LogP contribution in [-0.4, -0.2) is 58.6 Å². The van der Waals surface area contributed by atoms with Crippen LogP contribution in [-0.2, 0) is 6.18 Å². The van der Waals surface area contributed by atoms with Gasteiger partial charge in [-0.05, 0) is 38.4 Å². The molecule has 0 fully saturated rings. The van der Waals surface area contributed by atoms with E-state index in [1.807, 2.05) is 19.0 Å².